The van der Waals surface area contributed by atoms with Gasteiger partial charge in [0.05, 0.1) is 0 Å². The second-order valence-electron chi connectivity index (χ2n) is 5.50. The predicted octanol–water partition coefficient (Wildman–Crippen LogP) is 2.07. The maximum atomic E-state index is 11.2. The third kappa shape index (κ3) is 4.44. The largest absolute Gasteiger partial charge is 0.304 e. The molecule has 3 nitrogen and oxygen atoms in total. The van der Waals surface area contributed by atoms with Crippen molar-refractivity contribution in [3.8, 4) is 0 Å². The normalized spacial score (nSPS) is 17.6. The quantitative estimate of drug-likeness (QED) is 0.757. The van der Waals surface area contributed by atoms with E-state index in [0.29, 0.717) is 0 Å². The van der Waals surface area contributed by atoms with Gasteiger partial charge in [0.15, 0.2) is 5.78 Å². The van der Waals surface area contributed by atoms with Crippen LogP contribution in [0.4, 0.5) is 0 Å². The summed E-state index contributed by atoms with van der Waals surface area (Å²) in [4.78, 5) is 16.1. The molecule has 0 radical (unpaired) electrons. The van der Waals surface area contributed by atoms with E-state index in [1.54, 1.807) is 6.92 Å². The Hall–Kier alpha value is -1.19. The van der Waals surface area contributed by atoms with Crippen LogP contribution < -0.4 is 0 Å². The zero-order valence-electron chi connectivity index (χ0n) is 12.1. The number of piperazine rings is 1. The molecule has 1 aliphatic rings. The minimum atomic E-state index is 0.143. The van der Waals surface area contributed by atoms with Crippen LogP contribution in [0.15, 0.2) is 24.3 Å². The molecule has 1 fully saturated rings. The van der Waals surface area contributed by atoms with Crippen molar-refractivity contribution in [1.29, 1.82) is 0 Å². The van der Waals surface area contributed by atoms with Gasteiger partial charge in [-0.15, -0.1) is 0 Å². The number of rotatable bonds is 5. The molecular weight excluding hydrogens is 236 g/mol. The summed E-state index contributed by atoms with van der Waals surface area (Å²) >= 11 is 0. The first kappa shape index (κ1) is 14.2. The van der Waals surface area contributed by atoms with Gasteiger partial charge in [0.25, 0.3) is 0 Å². The fourth-order valence-electron chi connectivity index (χ4n) is 2.48. The van der Waals surface area contributed by atoms with E-state index in [1.165, 1.54) is 44.7 Å². The smallest absolute Gasteiger partial charge is 0.159 e. The topological polar surface area (TPSA) is 23.6 Å². The third-order valence-electron chi connectivity index (χ3n) is 3.90. The molecule has 0 aromatic heterocycles. The fraction of sp³-hybridized carbons (Fsp3) is 0.562. The van der Waals surface area contributed by atoms with E-state index in [4.69, 9.17) is 0 Å². The van der Waals surface area contributed by atoms with Gasteiger partial charge in [-0.2, -0.15) is 0 Å². The second kappa shape index (κ2) is 6.83. The summed E-state index contributed by atoms with van der Waals surface area (Å²) in [6.45, 7) is 7.56. The van der Waals surface area contributed by atoms with Gasteiger partial charge in [0, 0.05) is 31.7 Å². The van der Waals surface area contributed by atoms with Crippen molar-refractivity contribution in [1.82, 2.24) is 9.80 Å². The lowest BCUT2D eigenvalue weighted by atomic mass is 10.1. The van der Waals surface area contributed by atoms with Crippen LogP contribution in [0.1, 0.15) is 29.3 Å². The van der Waals surface area contributed by atoms with E-state index in [1.807, 2.05) is 12.1 Å². The maximum Gasteiger partial charge on any atom is 0.159 e. The van der Waals surface area contributed by atoms with Crippen LogP contribution in [-0.2, 0) is 6.42 Å². The molecule has 3 heteroatoms. The highest BCUT2D eigenvalue weighted by Crippen LogP contribution is 2.08. The summed E-state index contributed by atoms with van der Waals surface area (Å²) in [7, 11) is 2.19. The molecule has 0 N–H and O–H groups in total. The summed E-state index contributed by atoms with van der Waals surface area (Å²) in [6, 6.07) is 8.04. The van der Waals surface area contributed by atoms with Gasteiger partial charge in [-0.05, 0) is 38.9 Å². The van der Waals surface area contributed by atoms with Crippen molar-refractivity contribution >= 4 is 5.78 Å². The average Bonchev–Trinajstić information content (AvgIpc) is 2.41. The molecule has 0 aliphatic carbocycles. The van der Waals surface area contributed by atoms with Crippen LogP contribution in [0.25, 0.3) is 0 Å². The highest BCUT2D eigenvalue weighted by Gasteiger charge is 2.12. The molecule has 1 heterocycles. The SMILES string of the molecule is CC(=O)c1ccc(CCCN2CCN(C)CC2)cc1. The molecule has 19 heavy (non-hydrogen) atoms. The summed E-state index contributed by atoms with van der Waals surface area (Å²) in [6.07, 6.45) is 2.30. The molecule has 0 spiro atoms. The van der Waals surface area contributed by atoms with Gasteiger partial charge in [0.1, 0.15) is 0 Å². The van der Waals surface area contributed by atoms with E-state index in [2.05, 4.69) is 29.0 Å². The number of hydrogen-bond donors (Lipinski definition) is 0. The highest BCUT2D eigenvalue weighted by molar-refractivity contribution is 5.93. The third-order valence-corrected chi connectivity index (χ3v) is 3.90. The van der Waals surface area contributed by atoms with Crippen molar-refractivity contribution in [2.75, 3.05) is 39.8 Å². The number of likely N-dealkylation sites (N-methyl/N-ethyl adjacent to an activating group) is 1. The van der Waals surface area contributed by atoms with Gasteiger partial charge in [-0.3, -0.25) is 4.79 Å². The minimum absolute atomic E-state index is 0.143. The number of aryl methyl sites for hydroxylation is 1. The van der Waals surface area contributed by atoms with Crippen LogP contribution in [0, 0.1) is 0 Å². The monoisotopic (exact) mass is 260 g/mol. The zero-order chi connectivity index (χ0) is 13.7. The molecule has 0 bridgehead atoms. The summed E-state index contributed by atoms with van der Waals surface area (Å²) in [5.41, 5.74) is 2.14. The van der Waals surface area contributed by atoms with Gasteiger partial charge in [-0.25, -0.2) is 0 Å². The van der Waals surface area contributed by atoms with Gasteiger partial charge >= 0.3 is 0 Å². The van der Waals surface area contributed by atoms with Crippen molar-refractivity contribution in [3.63, 3.8) is 0 Å². The molecule has 1 saturated heterocycles. The van der Waals surface area contributed by atoms with Crippen LogP contribution in [0.2, 0.25) is 0 Å². The molecule has 2 rings (SSSR count). The molecule has 1 aromatic rings. The zero-order valence-corrected chi connectivity index (χ0v) is 12.1. The van der Waals surface area contributed by atoms with Crippen LogP contribution >= 0.6 is 0 Å². The molecule has 1 aliphatic heterocycles. The fourth-order valence-corrected chi connectivity index (χ4v) is 2.48. The Kier molecular flexibility index (Phi) is 5.11. The van der Waals surface area contributed by atoms with Crippen molar-refractivity contribution in [2.45, 2.75) is 19.8 Å². The Bertz CT molecular complexity index is 405. The molecular formula is C16H24N2O. The number of nitrogens with zero attached hydrogens (tertiary/aromatic N) is 2. The summed E-state index contributed by atoms with van der Waals surface area (Å²) in [5, 5.41) is 0. The lowest BCUT2D eigenvalue weighted by Crippen LogP contribution is -2.44. The number of carbonyl (C=O) groups excluding carboxylic acids is 1. The van der Waals surface area contributed by atoms with Gasteiger partial charge < -0.3 is 9.80 Å². The van der Waals surface area contributed by atoms with Crippen LogP contribution in [0.3, 0.4) is 0 Å². The summed E-state index contributed by atoms with van der Waals surface area (Å²) in [5.74, 6) is 0.143. The average molecular weight is 260 g/mol. The Morgan fingerprint density at radius 3 is 2.32 bits per heavy atom. The Morgan fingerprint density at radius 1 is 1.11 bits per heavy atom. The molecule has 1 aromatic carbocycles. The van der Waals surface area contributed by atoms with Gasteiger partial charge in [0.2, 0.25) is 0 Å². The number of Topliss-reactive ketones (excluding diaryl/α,β-unsaturated/α-hetero) is 1. The molecule has 104 valence electrons. The summed E-state index contributed by atoms with van der Waals surface area (Å²) < 4.78 is 0. The standard InChI is InChI=1S/C16H24N2O/c1-14(19)16-7-5-15(6-8-16)4-3-9-18-12-10-17(2)11-13-18/h5-8H,3-4,9-13H2,1-2H3. The Balaban J connectivity index is 1.72. The van der Waals surface area contributed by atoms with E-state index in [0.717, 1.165) is 12.0 Å². The number of hydrogen-bond acceptors (Lipinski definition) is 3. The second-order valence-corrected chi connectivity index (χ2v) is 5.50. The first-order valence-electron chi connectivity index (χ1n) is 7.16. The van der Waals surface area contributed by atoms with Gasteiger partial charge in [-0.1, -0.05) is 24.3 Å². The van der Waals surface area contributed by atoms with E-state index < -0.39 is 0 Å². The molecule has 0 atom stereocenters. The number of ketones is 1. The molecule has 0 amide bonds. The van der Waals surface area contributed by atoms with E-state index in [9.17, 15) is 4.79 Å². The minimum Gasteiger partial charge on any atom is -0.304 e. The maximum absolute atomic E-state index is 11.2. The lowest BCUT2D eigenvalue weighted by molar-refractivity contribution is 0.101. The van der Waals surface area contributed by atoms with Crippen molar-refractivity contribution < 1.29 is 4.79 Å². The predicted molar refractivity (Wildman–Crippen MR) is 78.7 cm³/mol. The van der Waals surface area contributed by atoms with Crippen molar-refractivity contribution in [2.24, 2.45) is 0 Å². The highest BCUT2D eigenvalue weighted by atomic mass is 16.1. The van der Waals surface area contributed by atoms with E-state index >= 15 is 0 Å². The van der Waals surface area contributed by atoms with Crippen LogP contribution in [0.5, 0.6) is 0 Å². The van der Waals surface area contributed by atoms with Crippen LogP contribution in [-0.4, -0.2) is 55.4 Å². The van der Waals surface area contributed by atoms with E-state index in [-0.39, 0.29) is 5.78 Å². The number of benzene rings is 1. The first-order chi connectivity index (χ1) is 9.15. The number of carbonyl (C=O) groups is 1. The molecule has 0 saturated carbocycles. The Labute approximate surface area is 116 Å². The lowest BCUT2D eigenvalue weighted by Gasteiger charge is -2.32. The Morgan fingerprint density at radius 2 is 1.74 bits per heavy atom. The molecule has 0 unspecified atom stereocenters. The first-order valence-corrected chi connectivity index (χ1v) is 7.16. The van der Waals surface area contributed by atoms with Crippen molar-refractivity contribution in [3.05, 3.63) is 35.4 Å².